The van der Waals surface area contributed by atoms with E-state index in [0.29, 0.717) is 6.42 Å². The number of hydrogen-bond acceptors (Lipinski definition) is 4. The average molecular weight is 262 g/mol. The van der Waals surface area contributed by atoms with Gasteiger partial charge < -0.3 is 15.7 Å². The Labute approximate surface area is 107 Å². The van der Waals surface area contributed by atoms with Crippen LogP contribution in [0.4, 0.5) is 0 Å². The van der Waals surface area contributed by atoms with Gasteiger partial charge in [0.1, 0.15) is 6.54 Å². The van der Waals surface area contributed by atoms with Crippen LogP contribution in [0.1, 0.15) is 27.2 Å². The summed E-state index contributed by atoms with van der Waals surface area (Å²) in [4.78, 5) is 24.1. The second-order valence-electron chi connectivity index (χ2n) is 4.88. The highest BCUT2D eigenvalue weighted by molar-refractivity contribution is 7.98. The highest BCUT2D eigenvalue weighted by atomic mass is 32.2. The molecule has 3 N–H and O–H groups in total. The first-order valence-electron chi connectivity index (χ1n) is 5.48. The lowest BCUT2D eigenvalue weighted by atomic mass is 10.0. The second kappa shape index (κ2) is 6.86. The first kappa shape index (κ1) is 16.2. The van der Waals surface area contributed by atoms with Crippen LogP contribution >= 0.6 is 11.8 Å². The Morgan fingerprint density at radius 3 is 2.29 bits per heavy atom. The molecule has 0 aliphatic carbocycles. The van der Waals surface area contributed by atoms with Crippen molar-refractivity contribution < 1.29 is 14.7 Å². The van der Waals surface area contributed by atoms with Gasteiger partial charge in [-0.25, -0.2) is 0 Å². The van der Waals surface area contributed by atoms with Crippen molar-refractivity contribution >= 4 is 23.6 Å². The summed E-state index contributed by atoms with van der Waals surface area (Å²) in [5.74, 6) is -0.530. The molecule has 0 unspecified atom stereocenters. The van der Waals surface area contributed by atoms with Crippen LogP contribution in [0.5, 0.6) is 0 Å². The van der Waals surface area contributed by atoms with Crippen molar-refractivity contribution in [2.24, 2.45) is 5.73 Å². The zero-order valence-corrected chi connectivity index (χ0v) is 11.7. The Hall–Kier alpha value is -0.750. The monoisotopic (exact) mass is 262 g/mol. The molecule has 0 rings (SSSR count). The van der Waals surface area contributed by atoms with Crippen LogP contribution in [-0.4, -0.2) is 52.0 Å². The number of carboxylic acids is 1. The summed E-state index contributed by atoms with van der Waals surface area (Å²) in [5.41, 5.74) is 5.24. The van der Waals surface area contributed by atoms with E-state index >= 15 is 0 Å². The van der Waals surface area contributed by atoms with Crippen LogP contribution in [-0.2, 0) is 9.59 Å². The molecule has 0 saturated heterocycles. The summed E-state index contributed by atoms with van der Waals surface area (Å²) in [5, 5.41) is 8.82. The predicted molar refractivity (Wildman–Crippen MR) is 70.1 cm³/mol. The molecule has 0 spiro atoms. The van der Waals surface area contributed by atoms with Gasteiger partial charge in [0.2, 0.25) is 5.91 Å². The number of nitrogens with two attached hydrogens (primary N) is 1. The van der Waals surface area contributed by atoms with Crippen LogP contribution in [0.25, 0.3) is 0 Å². The molecule has 0 heterocycles. The van der Waals surface area contributed by atoms with Gasteiger partial charge in [0.25, 0.3) is 0 Å². The van der Waals surface area contributed by atoms with E-state index in [0.717, 1.165) is 5.75 Å². The van der Waals surface area contributed by atoms with E-state index in [1.807, 2.05) is 6.26 Å². The second-order valence-corrected chi connectivity index (χ2v) is 5.86. The Kier molecular flexibility index (Phi) is 6.56. The Morgan fingerprint density at radius 2 is 1.94 bits per heavy atom. The molecule has 0 aromatic heterocycles. The summed E-state index contributed by atoms with van der Waals surface area (Å²) in [6.07, 6.45) is 2.50. The van der Waals surface area contributed by atoms with Crippen LogP contribution in [0.3, 0.4) is 0 Å². The molecular formula is C11H22N2O3S. The quantitative estimate of drug-likeness (QED) is 0.739. The first-order chi connectivity index (χ1) is 7.70. The molecule has 17 heavy (non-hydrogen) atoms. The van der Waals surface area contributed by atoms with Crippen molar-refractivity contribution in [1.29, 1.82) is 0 Å². The molecule has 6 heteroatoms. The third-order valence-electron chi connectivity index (χ3n) is 2.32. The number of carboxylic acid groups (broad SMARTS) is 1. The fourth-order valence-corrected chi connectivity index (χ4v) is 1.84. The zero-order chi connectivity index (χ0) is 13.6. The lowest BCUT2D eigenvalue weighted by Gasteiger charge is -2.36. The summed E-state index contributed by atoms with van der Waals surface area (Å²) >= 11 is 1.61. The van der Waals surface area contributed by atoms with E-state index < -0.39 is 17.6 Å². The molecule has 0 aromatic rings. The van der Waals surface area contributed by atoms with E-state index in [1.54, 1.807) is 32.5 Å². The number of hydrogen-bond donors (Lipinski definition) is 2. The number of amides is 1. The smallest absolute Gasteiger partial charge is 0.323 e. The van der Waals surface area contributed by atoms with E-state index in [2.05, 4.69) is 0 Å². The van der Waals surface area contributed by atoms with Crippen molar-refractivity contribution in [3.05, 3.63) is 0 Å². The highest BCUT2D eigenvalue weighted by Gasteiger charge is 2.31. The minimum absolute atomic E-state index is 0.297. The van der Waals surface area contributed by atoms with Gasteiger partial charge in [0.15, 0.2) is 0 Å². The van der Waals surface area contributed by atoms with Gasteiger partial charge in [-0.15, -0.1) is 0 Å². The van der Waals surface area contributed by atoms with E-state index in [4.69, 9.17) is 10.8 Å². The fourth-order valence-electron chi connectivity index (χ4n) is 1.35. The van der Waals surface area contributed by atoms with Crippen LogP contribution in [0.2, 0.25) is 0 Å². The highest BCUT2D eigenvalue weighted by Crippen LogP contribution is 2.15. The van der Waals surface area contributed by atoms with Crippen molar-refractivity contribution in [2.45, 2.75) is 38.8 Å². The van der Waals surface area contributed by atoms with Gasteiger partial charge in [-0.3, -0.25) is 9.59 Å². The molecule has 1 atom stereocenters. The summed E-state index contributed by atoms with van der Waals surface area (Å²) < 4.78 is 0. The van der Waals surface area contributed by atoms with Crippen LogP contribution in [0.15, 0.2) is 0 Å². The molecule has 0 aromatic carbocycles. The van der Waals surface area contributed by atoms with Gasteiger partial charge in [-0.1, -0.05) is 0 Å². The normalized spacial score (nSPS) is 13.2. The molecule has 0 aliphatic rings. The molecule has 5 nitrogen and oxygen atoms in total. The lowest BCUT2D eigenvalue weighted by Crippen LogP contribution is -2.54. The SMILES string of the molecule is CSCC[C@@H](N)C(=O)N(CC(=O)O)C(C)(C)C. The minimum Gasteiger partial charge on any atom is -0.480 e. The number of rotatable bonds is 6. The average Bonchev–Trinajstić information content (AvgIpc) is 2.19. The summed E-state index contributed by atoms with van der Waals surface area (Å²) in [7, 11) is 0. The molecular weight excluding hydrogens is 240 g/mol. The maximum absolute atomic E-state index is 12.1. The third kappa shape index (κ3) is 5.93. The summed E-state index contributed by atoms with van der Waals surface area (Å²) in [6, 6.07) is -0.624. The zero-order valence-electron chi connectivity index (χ0n) is 10.9. The molecule has 100 valence electrons. The maximum atomic E-state index is 12.1. The Balaban J connectivity index is 4.69. The largest absolute Gasteiger partial charge is 0.480 e. The first-order valence-corrected chi connectivity index (χ1v) is 6.87. The fraction of sp³-hybridized carbons (Fsp3) is 0.818. The van der Waals surface area contributed by atoms with Crippen molar-refractivity contribution in [1.82, 2.24) is 4.90 Å². The maximum Gasteiger partial charge on any atom is 0.323 e. The molecule has 0 bridgehead atoms. The van der Waals surface area contributed by atoms with Gasteiger partial charge in [-0.05, 0) is 39.2 Å². The number of nitrogens with zero attached hydrogens (tertiary/aromatic N) is 1. The number of aliphatic carboxylic acids is 1. The van der Waals surface area contributed by atoms with E-state index in [1.165, 1.54) is 4.90 Å². The van der Waals surface area contributed by atoms with Gasteiger partial charge in [0, 0.05) is 5.54 Å². The number of carbonyl (C=O) groups is 2. The minimum atomic E-state index is -1.02. The topological polar surface area (TPSA) is 83.6 Å². The summed E-state index contributed by atoms with van der Waals surface area (Å²) in [6.45, 7) is 5.09. The molecule has 1 amide bonds. The Morgan fingerprint density at radius 1 is 1.41 bits per heavy atom. The predicted octanol–water partition coefficient (Wildman–Crippen LogP) is 0.778. The van der Waals surface area contributed by atoms with Gasteiger partial charge in [-0.2, -0.15) is 11.8 Å². The third-order valence-corrected chi connectivity index (χ3v) is 2.96. The number of carbonyl (C=O) groups excluding carboxylic acids is 1. The van der Waals surface area contributed by atoms with E-state index in [-0.39, 0.29) is 12.5 Å². The van der Waals surface area contributed by atoms with Crippen molar-refractivity contribution in [3.8, 4) is 0 Å². The molecule has 0 fully saturated rings. The standard InChI is InChI=1S/C11H22N2O3S/c1-11(2,3)13(7-9(14)15)10(16)8(12)5-6-17-4/h8H,5-7,12H2,1-4H3,(H,14,15)/t8-/m1/s1. The van der Waals surface area contributed by atoms with E-state index in [9.17, 15) is 9.59 Å². The molecule has 0 saturated carbocycles. The van der Waals surface area contributed by atoms with Gasteiger partial charge >= 0.3 is 5.97 Å². The van der Waals surface area contributed by atoms with Crippen LogP contribution < -0.4 is 5.73 Å². The Bertz CT molecular complexity index is 276. The van der Waals surface area contributed by atoms with Crippen molar-refractivity contribution in [2.75, 3.05) is 18.6 Å². The van der Waals surface area contributed by atoms with Crippen molar-refractivity contribution in [3.63, 3.8) is 0 Å². The molecule has 0 radical (unpaired) electrons. The lowest BCUT2D eigenvalue weighted by molar-refractivity contribution is -0.149. The van der Waals surface area contributed by atoms with Crippen LogP contribution in [0, 0.1) is 0 Å². The number of thioether (sulfide) groups is 1. The molecule has 0 aliphatic heterocycles. The van der Waals surface area contributed by atoms with Gasteiger partial charge in [0.05, 0.1) is 6.04 Å².